The molecule has 1 aliphatic heterocycles. The van der Waals surface area contributed by atoms with Crippen LogP contribution < -0.4 is 5.56 Å². The van der Waals surface area contributed by atoms with Gasteiger partial charge in [-0.2, -0.15) is 0 Å². The van der Waals surface area contributed by atoms with Crippen LogP contribution in [0.25, 0.3) is 28.3 Å². The molecule has 0 unspecified atom stereocenters. The molecule has 1 amide bonds. The van der Waals surface area contributed by atoms with Crippen LogP contribution >= 0.6 is 11.6 Å². The summed E-state index contributed by atoms with van der Waals surface area (Å²) in [6.07, 6.45) is 3.06. The first kappa shape index (κ1) is 20.3. The van der Waals surface area contributed by atoms with E-state index in [1.165, 1.54) is 16.8 Å². The number of nitrogens with one attached hydrogen (secondary N) is 1. The quantitative estimate of drug-likeness (QED) is 0.513. The zero-order valence-electron chi connectivity index (χ0n) is 17.0. The number of hydrogen-bond donors (Lipinski definition) is 1. The standard InChI is InChI=1S/C22H18ClFN6O2/c1-12-19(26-7-6-25-12)20-18(22(32)29-10-13(9-24)11-29)21-27-16(8-17(31)30(21)28-20)14-2-4-15(23)5-3-14/h2-8,13,28H,9-11H2,1H3. The lowest BCUT2D eigenvalue weighted by atomic mass is 10.00. The number of H-pyrrole nitrogens is 1. The van der Waals surface area contributed by atoms with Gasteiger partial charge in [-0.25, -0.2) is 9.50 Å². The third-order valence-corrected chi connectivity index (χ3v) is 5.80. The number of halogens is 2. The van der Waals surface area contributed by atoms with Crippen molar-refractivity contribution < 1.29 is 9.18 Å². The molecule has 10 heteroatoms. The van der Waals surface area contributed by atoms with Crippen LogP contribution in [0.3, 0.4) is 0 Å². The molecule has 0 spiro atoms. The SMILES string of the molecule is Cc1nccnc1-c1[nH]n2c(=O)cc(-c3ccc(Cl)cc3)nc2c1C(=O)N1CC(CF)C1. The minimum absolute atomic E-state index is 0.175. The fourth-order valence-corrected chi connectivity index (χ4v) is 3.95. The minimum atomic E-state index is -0.480. The second-order valence-corrected chi connectivity index (χ2v) is 8.16. The molecule has 0 aliphatic carbocycles. The van der Waals surface area contributed by atoms with Crippen LogP contribution in [-0.4, -0.2) is 55.1 Å². The first-order valence-electron chi connectivity index (χ1n) is 10.0. The zero-order valence-corrected chi connectivity index (χ0v) is 17.8. The summed E-state index contributed by atoms with van der Waals surface area (Å²) >= 11 is 5.98. The van der Waals surface area contributed by atoms with Crippen LogP contribution in [0.5, 0.6) is 0 Å². The predicted octanol–water partition coefficient (Wildman–Crippen LogP) is 3.15. The Labute approximate surface area is 186 Å². The summed E-state index contributed by atoms with van der Waals surface area (Å²) in [4.78, 5) is 41.2. The number of aromatic amines is 1. The number of aryl methyl sites for hydroxylation is 1. The number of amides is 1. The van der Waals surface area contributed by atoms with Gasteiger partial charge in [-0.15, -0.1) is 0 Å². The van der Waals surface area contributed by atoms with Crippen molar-refractivity contribution in [3.63, 3.8) is 0 Å². The third-order valence-electron chi connectivity index (χ3n) is 5.55. The number of aromatic nitrogens is 5. The Kier molecular flexibility index (Phi) is 4.97. The van der Waals surface area contributed by atoms with Crippen LogP contribution in [0.15, 0.2) is 47.5 Å². The van der Waals surface area contributed by atoms with E-state index >= 15 is 0 Å². The summed E-state index contributed by atoms with van der Waals surface area (Å²) in [6.45, 7) is 1.91. The van der Waals surface area contributed by atoms with Crippen molar-refractivity contribution in [1.29, 1.82) is 0 Å². The number of likely N-dealkylation sites (tertiary alicyclic amines) is 1. The molecule has 1 fully saturated rings. The minimum Gasteiger partial charge on any atom is -0.338 e. The molecule has 1 aromatic carbocycles. The van der Waals surface area contributed by atoms with Gasteiger partial charge >= 0.3 is 0 Å². The van der Waals surface area contributed by atoms with Crippen molar-refractivity contribution >= 4 is 23.2 Å². The summed E-state index contributed by atoms with van der Waals surface area (Å²) < 4.78 is 14.2. The van der Waals surface area contributed by atoms with Crippen LogP contribution in [0.1, 0.15) is 16.1 Å². The first-order chi connectivity index (χ1) is 15.5. The van der Waals surface area contributed by atoms with Crippen molar-refractivity contribution in [3.8, 4) is 22.6 Å². The molecule has 5 rings (SSSR count). The zero-order chi connectivity index (χ0) is 22.4. The molecule has 0 saturated carbocycles. The molecule has 4 aromatic rings. The Morgan fingerprint density at radius 1 is 1.22 bits per heavy atom. The number of alkyl halides is 1. The molecular formula is C22H18ClFN6O2. The van der Waals surface area contributed by atoms with E-state index in [1.807, 2.05) is 0 Å². The summed E-state index contributed by atoms with van der Waals surface area (Å²) in [5.74, 6) is -0.514. The lowest BCUT2D eigenvalue weighted by molar-refractivity contribution is 0.0455. The molecule has 3 aromatic heterocycles. The number of hydrogen-bond acceptors (Lipinski definition) is 5. The lowest BCUT2D eigenvalue weighted by Crippen LogP contribution is -2.50. The van der Waals surface area contributed by atoms with Crippen LogP contribution in [0.2, 0.25) is 5.02 Å². The van der Waals surface area contributed by atoms with Crippen LogP contribution in [0.4, 0.5) is 4.39 Å². The fourth-order valence-electron chi connectivity index (χ4n) is 3.82. The third kappa shape index (κ3) is 3.34. The van der Waals surface area contributed by atoms with Gasteiger partial charge in [0.15, 0.2) is 5.65 Å². The Bertz CT molecular complexity index is 1390. The van der Waals surface area contributed by atoms with Gasteiger partial charge in [0.2, 0.25) is 0 Å². The topological polar surface area (TPSA) is 96.2 Å². The van der Waals surface area contributed by atoms with E-state index in [0.717, 1.165) is 0 Å². The summed E-state index contributed by atoms with van der Waals surface area (Å²) in [5.41, 5.74) is 2.48. The largest absolute Gasteiger partial charge is 0.338 e. The van der Waals surface area contributed by atoms with E-state index in [2.05, 4.69) is 20.1 Å². The maximum Gasteiger partial charge on any atom is 0.273 e. The molecular weight excluding hydrogens is 435 g/mol. The van der Waals surface area contributed by atoms with Gasteiger partial charge in [-0.05, 0) is 19.1 Å². The van der Waals surface area contributed by atoms with Crippen LogP contribution in [0, 0.1) is 12.8 Å². The van der Waals surface area contributed by atoms with E-state index in [1.54, 1.807) is 42.3 Å². The predicted molar refractivity (Wildman–Crippen MR) is 117 cm³/mol. The molecule has 32 heavy (non-hydrogen) atoms. The van der Waals surface area contributed by atoms with E-state index in [9.17, 15) is 14.0 Å². The smallest absolute Gasteiger partial charge is 0.273 e. The Hall–Kier alpha value is -3.59. The Balaban J connectivity index is 1.73. The molecule has 4 heterocycles. The van der Waals surface area contributed by atoms with Crippen molar-refractivity contribution in [2.45, 2.75) is 6.92 Å². The average Bonchev–Trinajstić information content (AvgIpc) is 3.13. The maximum absolute atomic E-state index is 13.4. The average molecular weight is 453 g/mol. The van der Waals surface area contributed by atoms with Gasteiger partial charge < -0.3 is 4.90 Å². The highest BCUT2D eigenvalue weighted by molar-refractivity contribution is 6.30. The fraction of sp³-hybridized carbons (Fsp3) is 0.227. The summed E-state index contributed by atoms with van der Waals surface area (Å²) in [7, 11) is 0. The van der Waals surface area contributed by atoms with E-state index in [4.69, 9.17) is 11.6 Å². The van der Waals surface area contributed by atoms with E-state index in [0.29, 0.717) is 46.5 Å². The van der Waals surface area contributed by atoms with E-state index in [-0.39, 0.29) is 28.6 Å². The monoisotopic (exact) mass is 452 g/mol. The molecule has 162 valence electrons. The first-order valence-corrected chi connectivity index (χ1v) is 10.4. The van der Waals surface area contributed by atoms with E-state index < -0.39 is 6.67 Å². The molecule has 1 saturated heterocycles. The second-order valence-electron chi connectivity index (χ2n) is 7.73. The summed E-state index contributed by atoms with van der Waals surface area (Å²) in [6, 6.07) is 8.30. The normalized spacial score (nSPS) is 14.0. The lowest BCUT2D eigenvalue weighted by Gasteiger charge is -2.37. The van der Waals surface area contributed by atoms with Crippen molar-refractivity contribution in [3.05, 3.63) is 69.4 Å². The molecule has 1 aliphatic rings. The number of benzene rings is 1. The number of fused-ring (bicyclic) bond motifs is 1. The summed E-state index contributed by atoms with van der Waals surface area (Å²) in [5, 5.41) is 3.54. The molecule has 1 N–H and O–H groups in total. The number of rotatable bonds is 4. The maximum atomic E-state index is 13.4. The number of nitrogens with zero attached hydrogens (tertiary/aromatic N) is 5. The number of carbonyl (C=O) groups excluding carboxylic acids is 1. The highest BCUT2D eigenvalue weighted by Gasteiger charge is 2.35. The second kappa shape index (κ2) is 7.83. The Morgan fingerprint density at radius 2 is 1.94 bits per heavy atom. The van der Waals surface area contributed by atoms with Gasteiger partial charge in [-0.1, -0.05) is 23.7 Å². The van der Waals surface area contributed by atoms with Gasteiger partial charge in [0, 0.05) is 48.1 Å². The highest BCUT2D eigenvalue weighted by Crippen LogP contribution is 2.30. The van der Waals surface area contributed by atoms with Crippen molar-refractivity contribution in [2.24, 2.45) is 5.92 Å². The molecule has 0 bridgehead atoms. The molecule has 0 radical (unpaired) electrons. The Morgan fingerprint density at radius 3 is 2.62 bits per heavy atom. The number of carbonyl (C=O) groups is 1. The highest BCUT2D eigenvalue weighted by atomic mass is 35.5. The van der Waals surface area contributed by atoms with Gasteiger partial charge in [0.25, 0.3) is 11.5 Å². The van der Waals surface area contributed by atoms with Gasteiger partial charge in [-0.3, -0.25) is 29.0 Å². The van der Waals surface area contributed by atoms with Crippen LogP contribution in [-0.2, 0) is 0 Å². The van der Waals surface area contributed by atoms with Gasteiger partial charge in [0.05, 0.1) is 23.8 Å². The molecule has 0 atom stereocenters. The molecule has 8 nitrogen and oxygen atoms in total. The van der Waals surface area contributed by atoms with Gasteiger partial charge in [0.1, 0.15) is 11.3 Å². The van der Waals surface area contributed by atoms with Crippen molar-refractivity contribution in [1.82, 2.24) is 29.5 Å². The van der Waals surface area contributed by atoms with Crippen molar-refractivity contribution in [2.75, 3.05) is 19.8 Å².